The summed E-state index contributed by atoms with van der Waals surface area (Å²) in [5.74, 6) is -7.21. The van der Waals surface area contributed by atoms with Gasteiger partial charge in [-0.2, -0.15) is 0 Å². The van der Waals surface area contributed by atoms with Crippen LogP contribution in [-0.2, 0) is 14.3 Å². The van der Waals surface area contributed by atoms with Gasteiger partial charge in [0.05, 0.1) is 18.7 Å². The number of aromatic nitrogens is 1. The summed E-state index contributed by atoms with van der Waals surface area (Å²) in [4.78, 5) is 34.7. The van der Waals surface area contributed by atoms with Crippen LogP contribution in [0.15, 0.2) is 46.0 Å². The van der Waals surface area contributed by atoms with Gasteiger partial charge in [0.1, 0.15) is 6.04 Å². The maximum Gasteiger partial charge on any atom is 0.338 e. The van der Waals surface area contributed by atoms with Crippen LogP contribution < -0.4 is 5.32 Å². The number of alkyl halides is 2. The highest BCUT2D eigenvalue weighted by Crippen LogP contribution is 2.48. The summed E-state index contributed by atoms with van der Waals surface area (Å²) < 4.78 is 63.0. The Labute approximate surface area is 219 Å². The third-order valence-corrected chi connectivity index (χ3v) is 8.04. The molecule has 3 aliphatic heterocycles. The molecule has 2 saturated heterocycles. The zero-order valence-corrected chi connectivity index (χ0v) is 21.0. The lowest BCUT2D eigenvalue weighted by Crippen LogP contribution is -2.50. The van der Waals surface area contributed by atoms with Crippen molar-refractivity contribution in [1.82, 2.24) is 15.2 Å². The maximum atomic E-state index is 15.0. The lowest BCUT2D eigenvalue weighted by Gasteiger charge is -2.40. The number of thiazole rings is 1. The normalized spacial score (nSPS) is 26.6. The average molecular weight is 553 g/mol. The number of carbonyl (C=O) groups is 2. The van der Waals surface area contributed by atoms with Gasteiger partial charge in [0.2, 0.25) is 0 Å². The van der Waals surface area contributed by atoms with Gasteiger partial charge in [-0.1, -0.05) is 6.07 Å². The third-order valence-electron chi connectivity index (χ3n) is 7.26. The summed E-state index contributed by atoms with van der Waals surface area (Å²) in [5.41, 5.74) is 0.385. The number of carboxylic acid groups (broad SMARTS) is 1. The minimum Gasteiger partial charge on any atom is -0.481 e. The van der Waals surface area contributed by atoms with Crippen LogP contribution in [0.2, 0.25) is 0 Å². The van der Waals surface area contributed by atoms with Gasteiger partial charge in [0, 0.05) is 42.7 Å². The molecule has 0 saturated carbocycles. The van der Waals surface area contributed by atoms with Crippen LogP contribution >= 0.6 is 11.3 Å². The number of carbonyl (C=O) groups excluding carboxylic acids is 1. The Kier molecular flexibility index (Phi) is 6.99. The molecular weight excluding hydrogens is 528 g/mol. The zero-order valence-electron chi connectivity index (χ0n) is 20.2. The molecule has 4 heterocycles. The number of methoxy groups -OCH3 is 1. The van der Waals surface area contributed by atoms with Crippen molar-refractivity contribution in [3.8, 4) is 0 Å². The molecule has 2 bridgehead atoms. The van der Waals surface area contributed by atoms with Gasteiger partial charge >= 0.3 is 11.9 Å². The molecular formula is C25H24F4N4O4S. The van der Waals surface area contributed by atoms with Gasteiger partial charge in [-0.15, -0.1) is 11.3 Å². The highest BCUT2D eigenvalue weighted by atomic mass is 32.1. The first-order valence-electron chi connectivity index (χ1n) is 11.9. The van der Waals surface area contributed by atoms with Gasteiger partial charge < -0.3 is 15.2 Å². The fraction of sp³-hybridized carbons (Fsp3) is 0.440. The number of aliphatic imine (C=N–C) groups is 1. The number of ether oxygens (including phenoxy) is 1. The Bertz CT molecular complexity index is 1320. The Balaban J connectivity index is 1.56. The molecule has 2 N–H and O–H groups in total. The molecule has 13 heteroatoms. The number of benzene rings is 1. The Morgan fingerprint density at radius 3 is 2.68 bits per heavy atom. The van der Waals surface area contributed by atoms with Crippen molar-refractivity contribution < 1.29 is 37.0 Å². The van der Waals surface area contributed by atoms with Crippen LogP contribution in [0.1, 0.15) is 42.3 Å². The minimum absolute atomic E-state index is 0.00331. The van der Waals surface area contributed by atoms with Crippen molar-refractivity contribution in [2.24, 2.45) is 10.9 Å². The van der Waals surface area contributed by atoms with Gasteiger partial charge in [0.25, 0.3) is 5.92 Å². The fourth-order valence-corrected chi connectivity index (χ4v) is 6.25. The van der Waals surface area contributed by atoms with E-state index in [1.165, 1.54) is 17.4 Å². The first-order chi connectivity index (χ1) is 18.1. The Morgan fingerprint density at radius 2 is 2.05 bits per heavy atom. The van der Waals surface area contributed by atoms with Crippen molar-refractivity contribution in [1.29, 1.82) is 0 Å². The van der Waals surface area contributed by atoms with Gasteiger partial charge in [0.15, 0.2) is 22.5 Å². The molecule has 0 radical (unpaired) electrons. The lowest BCUT2D eigenvalue weighted by atomic mass is 9.87. The lowest BCUT2D eigenvalue weighted by molar-refractivity contribution is -0.139. The number of esters is 1. The van der Waals surface area contributed by atoms with Gasteiger partial charge in [-0.25, -0.2) is 27.3 Å². The molecule has 3 aliphatic rings. The number of amidine groups is 1. The summed E-state index contributed by atoms with van der Waals surface area (Å²) >= 11 is 1.25. The number of piperidine rings is 1. The van der Waals surface area contributed by atoms with Crippen LogP contribution in [-0.4, -0.2) is 64.4 Å². The molecule has 38 heavy (non-hydrogen) atoms. The van der Waals surface area contributed by atoms with E-state index < -0.39 is 54.0 Å². The van der Waals surface area contributed by atoms with Crippen LogP contribution in [0.5, 0.6) is 0 Å². The van der Waals surface area contributed by atoms with Crippen LogP contribution in [0.3, 0.4) is 0 Å². The topological polar surface area (TPSA) is 104 Å². The van der Waals surface area contributed by atoms with Crippen molar-refractivity contribution in [2.75, 3.05) is 13.7 Å². The summed E-state index contributed by atoms with van der Waals surface area (Å²) in [7, 11) is 1.16. The molecule has 0 amide bonds. The second-order valence-corrected chi connectivity index (χ2v) is 10.5. The van der Waals surface area contributed by atoms with E-state index in [9.17, 15) is 23.5 Å². The van der Waals surface area contributed by atoms with Crippen LogP contribution in [0, 0.1) is 17.6 Å². The van der Waals surface area contributed by atoms with E-state index >= 15 is 8.78 Å². The number of nitrogens with one attached hydrogen (secondary N) is 1. The first kappa shape index (κ1) is 26.3. The van der Waals surface area contributed by atoms with E-state index in [0.29, 0.717) is 5.01 Å². The van der Waals surface area contributed by atoms with Crippen molar-refractivity contribution in [2.45, 2.75) is 49.7 Å². The Hall–Kier alpha value is -3.32. The van der Waals surface area contributed by atoms with E-state index in [-0.39, 0.29) is 54.4 Å². The number of hydrogen-bond acceptors (Lipinski definition) is 8. The molecule has 0 aliphatic carbocycles. The fourth-order valence-electron chi connectivity index (χ4n) is 5.67. The molecule has 1 aromatic heterocycles. The number of hydrogen-bond donors (Lipinski definition) is 2. The number of rotatable bonds is 7. The summed E-state index contributed by atoms with van der Waals surface area (Å²) in [6.45, 7) is -0.111. The number of carboxylic acids is 1. The number of halogens is 4. The molecule has 0 unspecified atom stereocenters. The Morgan fingerprint density at radius 1 is 1.26 bits per heavy atom. The SMILES string of the molecule is COC(=O)C1=C(CN2[C@@H]3C[C@H](CC(=O)O)C[C@@H]2C(F)(F)C3)NC(c2nccs2)=N[C@H]1c1ccc(F)c(F)c1. The van der Waals surface area contributed by atoms with Crippen molar-refractivity contribution >= 4 is 29.1 Å². The van der Waals surface area contributed by atoms with Crippen LogP contribution in [0.25, 0.3) is 0 Å². The van der Waals surface area contributed by atoms with E-state index in [2.05, 4.69) is 15.3 Å². The molecule has 2 fully saturated rings. The average Bonchev–Trinajstić information content (AvgIpc) is 3.44. The monoisotopic (exact) mass is 552 g/mol. The first-order valence-corrected chi connectivity index (χ1v) is 12.8. The highest BCUT2D eigenvalue weighted by Gasteiger charge is 2.57. The molecule has 8 nitrogen and oxygen atoms in total. The number of aliphatic carboxylic acids is 1. The van der Waals surface area contributed by atoms with E-state index in [1.54, 1.807) is 16.5 Å². The van der Waals surface area contributed by atoms with Crippen molar-refractivity contribution in [3.05, 3.63) is 63.3 Å². The predicted molar refractivity (Wildman–Crippen MR) is 129 cm³/mol. The summed E-state index contributed by atoms with van der Waals surface area (Å²) in [6.07, 6.45) is 1.21. The molecule has 2 aromatic rings. The van der Waals surface area contributed by atoms with Crippen LogP contribution in [0.4, 0.5) is 17.6 Å². The van der Waals surface area contributed by atoms with Gasteiger partial charge in [-0.05, 0) is 36.5 Å². The van der Waals surface area contributed by atoms with E-state index in [1.807, 2.05) is 0 Å². The largest absolute Gasteiger partial charge is 0.481 e. The minimum atomic E-state index is -3.04. The quantitative estimate of drug-likeness (QED) is 0.397. The number of nitrogens with zero attached hydrogens (tertiary/aromatic N) is 3. The second kappa shape index (κ2) is 10.1. The number of fused-ring (bicyclic) bond motifs is 2. The third kappa shape index (κ3) is 4.92. The molecule has 0 spiro atoms. The molecule has 202 valence electrons. The predicted octanol–water partition coefficient (Wildman–Crippen LogP) is 3.90. The van der Waals surface area contributed by atoms with Crippen molar-refractivity contribution in [3.63, 3.8) is 0 Å². The standard InChI is InChI=1S/C25H24F4N4O4S/c1-37-24(36)20-17(11-33-14-6-12(8-19(34)35)7-18(33)25(28,29)10-14)31-22(23-30-4-5-38-23)32-21(20)13-2-3-15(26)16(27)9-13/h2-5,9,12,14,18,21H,6-8,10-11H2,1H3,(H,31,32)(H,34,35)/t12-,14+,18+,21-/m0/s1. The maximum absolute atomic E-state index is 15.0. The summed E-state index contributed by atoms with van der Waals surface area (Å²) in [6, 6.07) is 0.216. The molecule has 1 aromatic carbocycles. The zero-order chi connectivity index (χ0) is 27.2. The highest BCUT2D eigenvalue weighted by molar-refractivity contribution is 7.11. The molecule has 5 rings (SSSR count). The van der Waals surface area contributed by atoms with E-state index in [4.69, 9.17) is 4.74 Å². The smallest absolute Gasteiger partial charge is 0.338 e. The van der Waals surface area contributed by atoms with Gasteiger partial charge in [-0.3, -0.25) is 14.7 Å². The second-order valence-electron chi connectivity index (χ2n) is 9.64. The summed E-state index contributed by atoms with van der Waals surface area (Å²) in [5, 5.41) is 14.4. The molecule has 4 atom stereocenters. The van der Waals surface area contributed by atoms with E-state index in [0.717, 1.165) is 19.2 Å².